The molecule has 11 heavy (non-hydrogen) atoms. The fourth-order valence-electron chi connectivity index (χ4n) is 0.363. The normalized spacial score (nSPS) is 10.9. The molecule has 0 aromatic heterocycles. The van der Waals surface area contributed by atoms with Crippen LogP contribution >= 0.6 is 0 Å². The quantitative estimate of drug-likeness (QED) is 0.458. The van der Waals surface area contributed by atoms with Crippen molar-refractivity contribution in [1.29, 1.82) is 0 Å². The number of hydrogen-bond acceptors (Lipinski definition) is 2. The maximum absolute atomic E-state index is 10.9. The van der Waals surface area contributed by atoms with Gasteiger partial charge in [-0.2, -0.15) is 0 Å². The molecule has 3 nitrogen and oxygen atoms in total. The number of rotatable bonds is 3. The van der Waals surface area contributed by atoms with Gasteiger partial charge in [-0.15, -0.1) is 0 Å². The largest absolute Gasteiger partial charge is 0.459 e. The minimum Gasteiger partial charge on any atom is -0.459 e. The first-order valence-corrected chi connectivity index (χ1v) is 3.36. The van der Waals surface area contributed by atoms with E-state index in [0.717, 1.165) is 5.57 Å². The lowest BCUT2D eigenvalue weighted by Gasteiger charge is -2.12. The number of hydrogen-bond donors (Lipinski definition) is 0. The molecule has 0 atom stereocenters. The lowest BCUT2D eigenvalue weighted by atomic mass is 10.1. The molecule has 0 spiro atoms. The maximum Gasteiger partial charge on any atom is 0.341 e. The van der Waals surface area contributed by atoms with Crippen LogP contribution in [0.2, 0.25) is 0 Å². The summed E-state index contributed by atoms with van der Waals surface area (Å²) >= 11 is 0. The molecule has 0 aromatic rings. The van der Waals surface area contributed by atoms with Gasteiger partial charge in [0.05, 0.1) is 0 Å². The van der Waals surface area contributed by atoms with Gasteiger partial charge in [0.1, 0.15) is 6.61 Å². The van der Waals surface area contributed by atoms with Crippen LogP contribution in [0, 0.1) is 0 Å². The van der Waals surface area contributed by atoms with Gasteiger partial charge in [0, 0.05) is 0 Å². The van der Waals surface area contributed by atoms with Gasteiger partial charge < -0.3 is 4.74 Å². The van der Waals surface area contributed by atoms with Crippen LogP contribution in [0.3, 0.4) is 0 Å². The van der Waals surface area contributed by atoms with Crippen LogP contribution in [0.4, 0.5) is 0 Å². The van der Waals surface area contributed by atoms with Crippen molar-refractivity contribution < 1.29 is 14.6 Å². The van der Waals surface area contributed by atoms with Crippen LogP contribution in [0.5, 0.6) is 0 Å². The van der Waals surface area contributed by atoms with Crippen molar-refractivity contribution in [2.45, 2.75) is 26.4 Å². The van der Waals surface area contributed by atoms with E-state index in [-0.39, 0.29) is 6.61 Å². The van der Waals surface area contributed by atoms with Crippen molar-refractivity contribution >= 4 is 5.97 Å². The molecule has 3 heteroatoms. The summed E-state index contributed by atoms with van der Waals surface area (Å²) in [7, 11) is 0. The van der Waals surface area contributed by atoms with Gasteiger partial charge in [-0.25, -0.2) is 9.90 Å². The van der Waals surface area contributed by atoms with Gasteiger partial charge in [0.25, 0.3) is 0 Å². The molecule has 0 aliphatic rings. The predicted molar refractivity (Wildman–Crippen MR) is 40.5 cm³/mol. The zero-order valence-electron chi connectivity index (χ0n) is 7.14. The zero-order valence-corrected chi connectivity index (χ0v) is 7.14. The summed E-state index contributed by atoms with van der Waals surface area (Å²) in [4.78, 5) is 10.8. The lowest BCUT2D eigenvalue weighted by Crippen LogP contribution is -2.31. The average molecular weight is 157 g/mol. The topological polar surface area (TPSA) is 46.2 Å². The highest BCUT2D eigenvalue weighted by molar-refractivity contribution is 5.78. The molecule has 0 rings (SSSR count). The molecule has 0 aliphatic carbocycles. The average Bonchev–Trinajstić information content (AvgIpc) is 1.80. The molecule has 0 N–H and O–H groups in total. The third-order valence-corrected chi connectivity index (χ3v) is 0.941. The number of carbonyl (C=O) groups is 1. The van der Waals surface area contributed by atoms with Gasteiger partial charge >= 0.3 is 5.97 Å². The fourth-order valence-corrected chi connectivity index (χ4v) is 0.363. The van der Waals surface area contributed by atoms with Crippen LogP contribution in [0.1, 0.15) is 20.8 Å². The molecule has 0 aromatic carbocycles. The van der Waals surface area contributed by atoms with Gasteiger partial charge in [0.15, 0.2) is 5.60 Å². The van der Waals surface area contributed by atoms with Gasteiger partial charge in [-0.05, 0) is 26.3 Å². The molecule has 1 radical (unpaired) electrons. The maximum atomic E-state index is 10.9. The predicted octanol–water partition coefficient (Wildman–Crippen LogP) is 1.31. The van der Waals surface area contributed by atoms with E-state index in [1.807, 2.05) is 0 Å². The molecule has 0 fully saturated rings. The van der Waals surface area contributed by atoms with Crippen LogP contribution < -0.4 is 0 Å². The molecule has 0 saturated carbocycles. The molecule has 0 amide bonds. The van der Waals surface area contributed by atoms with E-state index in [4.69, 9.17) is 0 Å². The standard InChI is InChI=1S/C8H13O3/c1-6(2)5-11-7(9)8(3,4)10/h1,5H2,2-4H3. The van der Waals surface area contributed by atoms with Crippen molar-refractivity contribution in [3.63, 3.8) is 0 Å². The van der Waals surface area contributed by atoms with Crippen LogP contribution in [0.15, 0.2) is 12.2 Å². The Morgan fingerprint density at radius 3 is 2.27 bits per heavy atom. The summed E-state index contributed by atoms with van der Waals surface area (Å²) < 4.78 is 4.62. The summed E-state index contributed by atoms with van der Waals surface area (Å²) in [6.07, 6.45) is 0. The van der Waals surface area contributed by atoms with Crippen LogP contribution in [-0.2, 0) is 14.6 Å². The highest BCUT2D eigenvalue weighted by Gasteiger charge is 2.27. The minimum atomic E-state index is -1.66. The second-order valence-electron chi connectivity index (χ2n) is 3.04. The lowest BCUT2D eigenvalue weighted by molar-refractivity contribution is -0.167. The Morgan fingerprint density at radius 1 is 1.55 bits per heavy atom. The first-order valence-electron chi connectivity index (χ1n) is 3.36. The van der Waals surface area contributed by atoms with Crippen molar-refractivity contribution in [3.8, 4) is 0 Å². The third-order valence-electron chi connectivity index (χ3n) is 0.941. The van der Waals surface area contributed by atoms with Gasteiger partial charge in [-0.1, -0.05) is 6.58 Å². The second kappa shape index (κ2) is 3.53. The van der Waals surface area contributed by atoms with Crippen molar-refractivity contribution in [2.75, 3.05) is 6.61 Å². The first-order chi connectivity index (χ1) is 4.84. The summed E-state index contributed by atoms with van der Waals surface area (Å²) in [6.45, 7) is 7.93. The van der Waals surface area contributed by atoms with Gasteiger partial charge in [0.2, 0.25) is 0 Å². The summed E-state index contributed by atoms with van der Waals surface area (Å²) in [6, 6.07) is 0. The third kappa shape index (κ3) is 4.56. The highest BCUT2D eigenvalue weighted by atomic mass is 16.5. The van der Waals surface area contributed by atoms with E-state index in [0.29, 0.717) is 0 Å². The second-order valence-corrected chi connectivity index (χ2v) is 3.04. The Bertz CT molecular complexity index is 165. The van der Waals surface area contributed by atoms with E-state index in [1.165, 1.54) is 13.8 Å². The molecule has 0 unspecified atom stereocenters. The summed E-state index contributed by atoms with van der Waals surface area (Å²) in [5, 5.41) is 10.9. The Kier molecular flexibility index (Phi) is 3.26. The Labute approximate surface area is 66.7 Å². The summed E-state index contributed by atoms with van der Waals surface area (Å²) in [5.74, 6) is -0.736. The number of carbonyl (C=O) groups excluding carboxylic acids is 1. The molecule has 0 aliphatic heterocycles. The molecule has 63 valence electrons. The zero-order chi connectivity index (χ0) is 9.07. The van der Waals surface area contributed by atoms with E-state index in [9.17, 15) is 9.90 Å². The molecule has 0 bridgehead atoms. The molecule has 0 heterocycles. The smallest absolute Gasteiger partial charge is 0.341 e. The molecular weight excluding hydrogens is 144 g/mol. The summed E-state index contributed by atoms with van der Waals surface area (Å²) in [5.41, 5.74) is -0.933. The monoisotopic (exact) mass is 157 g/mol. The first kappa shape index (κ1) is 10.2. The highest BCUT2D eigenvalue weighted by Crippen LogP contribution is 2.05. The Balaban J connectivity index is 3.80. The van der Waals surface area contributed by atoms with E-state index in [2.05, 4.69) is 11.3 Å². The Morgan fingerprint density at radius 2 is 2.00 bits per heavy atom. The number of ether oxygens (including phenoxy) is 1. The fraction of sp³-hybridized carbons (Fsp3) is 0.625. The van der Waals surface area contributed by atoms with Crippen LogP contribution in [0.25, 0.3) is 0 Å². The van der Waals surface area contributed by atoms with Gasteiger partial charge in [-0.3, -0.25) is 0 Å². The van der Waals surface area contributed by atoms with E-state index in [1.54, 1.807) is 6.92 Å². The Hall–Kier alpha value is -0.830. The number of esters is 1. The van der Waals surface area contributed by atoms with E-state index < -0.39 is 11.6 Å². The minimum absolute atomic E-state index is 0.129. The van der Waals surface area contributed by atoms with E-state index >= 15 is 0 Å². The van der Waals surface area contributed by atoms with Crippen LogP contribution in [-0.4, -0.2) is 18.2 Å². The van der Waals surface area contributed by atoms with Crippen molar-refractivity contribution in [2.24, 2.45) is 0 Å². The molecular formula is C8H13O3. The van der Waals surface area contributed by atoms with Crippen molar-refractivity contribution in [1.82, 2.24) is 0 Å². The SMILES string of the molecule is C=C(C)COC(=O)C(C)(C)[O]. The van der Waals surface area contributed by atoms with Crippen molar-refractivity contribution in [3.05, 3.63) is 12.2 Å². The molecule has 0 saturated heterocycles.